The van der Waals surface area contributed by atoms with E-state index in [4.69, 9.17) is 5.73 Å². The molecular weight excluding hydrogens is 400 g/mol. The number of benzene rings is 1. The molecule has 1 saturated carbocycles. The molecule has 3 heterocycles. The Bertz CT molecular complexity index is 1210. The predicted molar refractivity (Wildman–Crippen MR) is 125 cm³/mol. The Morgan fingerprint density at radius 3 is 2.78 bits per heavy atom. The van der Waals surface area contributed by atoms with Crippen LogP contribution in [0.3, 0.4) is 0 Å². The van der Waals surface area contributed by atoms with Gasteiger partial charge in [0, 0.05) is 29.9 Å². The van der Waals surface area contributed by atoms with Gasteiger partial charge < -0.3 is 20.5 Å². The zero-order valence-electron chi connectivity index (χ0n) is 18.3. The number of aromatic nitrogens is 3. The van der Waals surface area contributed by atoms with Crippen LogP contribution in [0, 0.1) is 17.8 Å². The van der Waals surface area contributed by atoms with E-state index in [9.17, 15) is 4.79 Å². The fourth-order valence-electron chi connectivity index (χ4n) is 4.28. The first-order chi connectivity index (χ1) is 15.6. The second-order valence-electron chi connectivity index (χ2n) is 8.98. The van der Waals surface area contributed by atoms with Crippen molar-refractivity contribution in [2.24, 2.45) is 5.92 Å². The molecule has 0 radical (unpaired) electrons. The van der Waals surface area contributed by atoms with Gasteiger partial charge >= 0.3 is 0 Å². The first kappa shape index (κ1) is 20.5. The van der Waals surface area contributed by atoms with Crippen molar-refractivity contribution in [2.45, 2.75) is 38.3 Å². The van der Waals surface area contributed by atoms with Gasteiger partial charge in [-0.1, -0.05) is 17.9 Å². The molecule has 7 heteroatoms. The topological polar surface area (TPSA) is 89.1 Å². The van der Waals surface area contributed by atoms with Gasteiger partial charge in [0.2, 0.25) is 0 Å². The standard InChI is InChI=1S/C25H28N6O/c1-30-11-9-18(10-12-30)14-31-15-20(22-23(26)27-16-28-24(22)31)6-5-17-3-2-4-19(13-17)25(32)29-21-7-8-21/h2-4,13,15-16,18,21H,7-12,14H2,1H3,(H,29,32)(H2,26,27,28). The minimum atomic E-state index is -0.0384. The molecule has 1 aromatic carbocycles. The van der Waals surface area contributed by atoms with E-state index in [0.29, 0.717) is 23.3 Å². The molecule has 1 saturated heterocycles. The molecule has 32 heavy (non-hydrogen) atoms. The second-order valence-corrected chi connectivity index (χ2v) is 8.98. The number of nitrogens with zero attached hydrogens (tertiary/aromatic N) is 4. The van der Waals surface area contributed by atoms with E-state index in [-0.39, 0.29) is 5.91 Å². The Balaban J connectivity index is 1.42. The molecule has 7 nitrogen and oxygen atoms in total. The van der Waals surface area contributed by atoms with Gasteiger partial charge in [0.05, 0.1) is 10.9 Å². The fourth-order valence-corrected chi connectivity index (χ4v) is 4.28. The van der Waals surface area contributed by atoms with Crippen molar-refractivity contribution in [3.63, 3.8) is 0 Å². The van der Waals surface area contributed by atoms with E-state index in [1.54, 1.807) is 0 Å². The van der Waals surface area contributed by atoms with E-state index < -0.39 is 0 Å². The van der Waals surface area contributed by atoms with Gasteiger partial charge in [-0.3, -0.25) is 4.79 Å². The number of nitrogens with one attached hydrogen (secondary N) is 1. The van der Waals surface area contributed by atoms with Crippen molar-refractivity contribution in [1.29, 1.82) is 0 Å². The SMILES string of the molecule is CN1CCC(Cn2cc(C#Cc3cccc(C(=O)NC4CC4)c3)c3c(N)ncnc32)CC1. The summed E-state index contributed by atoms with van der Waals surface area (Å²) < 4.78 is 2.17. The molecule has 1 aliphatic heterocycles. The maximum Gasteiger partial charge on any atom is 0.251 e. The Hall–Kier alpha value is -3.37. The summed E-state index contributed by atoms with van der Waals surface area (Å²) in [5.74, 6) is 7.48. The summed E-state index contributed by atoms with van der Waals surface area (Å²) in [6.07, 6.45) is 8.04. The average Bonchev–Trinajstić information content (AvgIpc) is 3.54. The molecule has 2 fully saturated rings. The third-order valence-electron chi connectivity index (χ3n) is 6.35. The third kappa shape index (κ3) is 4.46. The number of anilines is 1. The Morgan fingerprint density at radius 2 is 2.00 bits per heavy atom. The molecule has 2 aliphatic rings. The van der Waals surface area contributed by atoms with Gasteiger partial charge in [0.1, 0.15) is 17.8 Å². The monoisotopic (exact) mass is 428 g/mol. The van der Waals surface area contributed by atoms with Crippen molar-refractivity contribution < 1.29 is 4.79 Å². The van der Waals surface area contributed by atoms with Crippen LogP contribution >= 0.6 is 0 Å². The number of hydrogen-bond acceptors (Lipinski definition) is 5. The summed E-state index contributed by atoms with van der Waals surface area (Å²) in [6, 6.07) is 7.77. The van der Waals surface area contributed by atoms with Gasteiger partial charge in [-0.15, -0.1) is 0 Å². The maximum atomic E-state index is 12.4. The van der Waals surface area contributed by atoms with E-state index in [0.717, 1.165) is 54.6 Å². The van der Waals surface area contributed by atoms with Crippen LogP contribution in [0.5, 0.6) is 0 Å². The molecule has 0 unspecified atom stereocenters. The van der Waals surface area contributed by atoms with Gasteiger partial charge in [-0.25, -0.2) is 9.97 Å². The zero-order chi connectivity index (χ0) is 22.1. The number of carbonyl (C=O) groups excluding carboxylic acids is 1. The van der Waals surface area contributed by atoms with E-state index in [2.05, 4.69) is 43.6 Å². The lowest BCUT2D eigenvalue weighted by Crippen LogP contribution is -2.31. The fraction of sp³-hybridized carbons (Fsp3) is 0.400. The minimum absolute atomic E-state index is 0.0384. The van der Waals surface area contributed by atoms with E-state index >= 15 is 0 Å². The summed E-state index contributed by atoms with van der Waals surface area (Å²) >= 11 is 0. The molecular formula is C25H28N6O. The molecule has 3 aromatic rings. The van der Waals surface area contributed by atoms with Gasteiger partial charge in [0.25, 0.3) is 5.91 Å². The molecule has 5 rings (SSSR count). The molecule has 0 spiro atoms. The number of fused-ring (bicyclic) bond motifs is 1. The lowest BCUT2D eigenvalue weighted by Gasteiger charge is -2.29. The number of hydrogen-bond donors (Lipinski definition) is 2. The first-order valence-electron chi connectivity index (χ1n) is 11.3. The molecule has 2 aromatic heterocycles. The molecule has 1 amide bonds. The molecule has 3 N–H and O–H groups in total. The third-order valence-corrected chi connectivity index (χ3v) is 6.35. The highest BCUT2D eigenvalue weighted by molar-refractivity contribution is 5.95. The largest absolute Gasteiger partial charge is 0.383 e. The molecule has 0 bridgehead atoms. The number of nitrogen functional groups attached to an aromatic ring is 1. The van der Waals surface area contributed by atoms with E-state index in [1.165, 1.54) is 19.2 Å². The second kappa shape index (κ2) is 8.64. The van der Waals surface area contributed by atoms with Crippen molar-refractivity contribution in [1.82, 2.24) is 24.8 Å². The van der Waals surface area contributed by atoms with Crippen molar-refractivity contribution in [3.8, 4) is 11.8 Å². The van der Waals surface area contributed by atoms with Crippen molar-refractivity contribution in [3.05, 3.63) is 53.5 Å². The summed E-state index contributed by atoms with van der Waals surface area (Å²) in [7, 11) is 2.17. The highest BCUT2D eigenvalue weighted by atomic mass is 16.1. The van der Waals surface area contributed by atoms with Crippen molar-refractivity contribution in [2.75, 3.05) is 25.9 Å². The van der Waals surface area contributed by atoms with Crippen LogP contribution in [0.4, 0.5) is 5.82 Å². The Morgan fingerprint density at radius 1 is 1.19 bits per heavy atom. The molecule has 164 valence electrons. The quantitative estimate of drug-likeness (QED) is 0.624. The smallest absolute Gasteiger partial charge is 0.251 e. The van der Waals surface area contributed by atoms with Crippen molar-refractivity contribution >= 4 is 22.8 Å². The van der Waals surface area contributed by atoms with Gasteiger partial charge in [0.15, 0.2) is 0 Å². The van der Waals surface area contributed by atoms with E-state index in [1.807, 2.05) is 30.5 Å². The van der Waals surface area contributed by atoms with Crippen LogP contribution in [-0.2, 0) is 6.54 Å². The van der Waals surface area contributed by atoms with Crippen LogP contribution in [0.2, 0.25) is 0 Å². The predicted octanol–water partition coefficient (Wildman–Crippen LogP) is 2.65. The van der Waals surface area contributed by atoms with Crippen LogP contribution in [0.25, 0.3) is 11.0 Å². The summed E-state index contributed by atoms with van der Waals surface area (Å²) in [5.41, 5.74) is 9.29. The number of nitrogens with two attached hydrogens (primary N) is 1. The Kier molecular flexibility index (Phi) is 5.54. The lowest BCUT2D eigenvalue weighted by atomic mass is 9.97. The number of rotatable bonds is 4. The summed E-state index contributed by atoms with van der Waals surface area (Å²) in [6.45, 7) is 3.15. The van der Waals surface area contributed by atoms with Crippen LogP contribution in [0.15, 0.2) is 36.8 Å². The normalized spacial score (nSPS) is 17.2. The Labute approximate surface area is 188 Å². The number of amides is 1. The van der Waals surface area contributed by atoms with Gasteiger partial charge in [-0.2, -0.15) is 0 Å². The average molecular weight is 429 g/mol. The minimum Gasteiger partial charge on any atom is -0.383 e. The highest BCUT2D eigenvalue weighted by Gasteiger charge is 2.24. The zero-order valence-corrected chi connectivity index (χ0v) is 18.3. The summed E-state index contributed by atoms with van der Waals surface area (Å²) in [5, 5.41) is 3.82. The maximum absolute atomic E-state index is 12.4. The van der Waals surface area contributed by atoms with Crippen LogP contribution in [-0.4, -0.2) is 51.5 Å². The van der Waals surface area contributed by atoms with Gasteiger partial charge in [-0.05, 0) is 69.9 Å². The highest BCUT2D eigenvalue weighted by Crippen LogP contribution is 2.26. The summed E-state index contributed by atoms with van der Waals surface area (Å²) in [4.78, 5) is 23.4. The molecule has 1 aliphatic carbocycles. The number of piperidine rings is 1. The first-order valence-corrected chi connectivity index (χ1v) is 11.3. The number of likely N-dealkylation sites (tertiary alicyclic amines) is 1. The molecule has 0 atom stereocenters. The van der Waals surface area contributed by atoms with Crippen LogP contribution < -0.4 is 11.1 Å². The number of carbonyl (C=O) groups is 1. The lowest BCUT2D eigenvalue weighted by molar-refractivity contribution is 0.0951. The van der Waals surface area contributed by atoms with Crippen LogP contribution in [0.1, 0.15) is 47.2 Å².